The molecule has 17 heteroatoms. The summed E-state index contributed by atoms with van der Waals surface area (Å²) in [5, 5.41) is 30.0. The fourth-order valence-corrected chi connectivity index (χ4v) is 5.89. The number of phenolic OH excluding ortho intramolecular Hbond substituents is 2. The lowest BCUT2D eigenvalue weighted by Crippen LogP contribution is -2.41. The number of nitrogens with one attached hydrogen (secondary N) is 3. The minimum absolute atomic E-state index is 0.0675. The molecule has 1 fully saturated rings. The maximum atomic E-state index is 12.1. The Labute approximate surface area is 255 Å². The molecule has 0 radical (unpaired) electrons. The second kappa shape index (κ2) is 15.4. The normalized spacial score (nSPS) is 16.0. The van der Waals surface area contributed by atoms with Crippen molar-refractivity contribution in [3.63, 3.8) is 0 Å². The lowest BCUT2D eigenvalue weighted by molar-refractivity contribution is -0.115. The van der Waals surface area contributed by atoms with Gasteiger partial charge in [-0.05, 0) is 56.6 Å². The van der Waals surface area contributed by atoms with Crippen LogP contribution in [0.5, 0.6) is 11.5 Å². The Morgan fingerprint density at radius 3 is 1.59 bits per heavy atom. The van der Waals surface area contributed by atoms with Crippen molar-refractivity contribution in [1.29, 1.82) is 0 Å². The smallest absolute Gasteiger partial charge is 0.334 e. The molecule has 0 bridgehead atoms. The average molecular weight is 658 g/mol. The SMILES string of the molecule is Cc1cc(CN2CCCNCCN(Cc3cc(C)cc(NC(=O)CP(=O)(O)O)c3O)CC2)c(O)c(NC(=O)CP(=O)(O)O)c1. The van der Waals surface area contributed by atoms with E-state index < -0.39 is 39.3 Å². The van der Waals surface area contributed by atoms with Crippen LogP contribution in [0.3, 0.4) is 0 Å². The van der Waals surface area contributed by atoms with Crippen molar-refractivity contribution in [2.75, 3.05) is 62.2 Å². The third kappa shape index (κ3) is 11.9. The van der Waals surface area contributed by atoms with E-state index in [2.05, 4.69) is 25.8 Å². The standard InChI is InChI=1S/C27H41N5O10P2/c1-18-10-20(26(35)22(12-18)29-24(33)16-43(37,38)39)14-31-6-3-4-28-5-7-32(9-8-31)15-21-11-19(2)13-23(27(21)36)30-25(34)17-44(40,41)42/h10-13,28,35-36H,3-9,14-17H2,1-2H3,(H,29,33)(H,30,34)(H2,37,38,39)(H2,40,41,42). The Balaban J connectivity index is 1.75. The lowest BCUT2D eigenvalue weighted by atomic mass is 10.1. The predicted octanol–water partition coefficient (Wildman–Crippen LogP) is 1.24. The summed E-state index contributed by atoms with van der Waals surface area (Å²) in [7, 11) is -9.15. The Kier molecular flexibility index (Phi) is 12.5. The first-order valence-electron chi connectivity index (χ1n) is 14.0. The molecule has 244 valence electrons. The third-order valence-electron chi connectivity index (χ3n) is 6.87. The van der Waals surface area contributed by atoms with Crippen molar-refractivity contribution >= 4 is 38.4 Å². The van der Waals surface area contributed by atoms with E-state index in [1.165, 1.54) is 12.1 Å². The number of phenols is 2. The van der Waals surface area contributed by atoms with Gasteiger partial charge in [0.2, 0.25) is 11.8 Å². The predicted molar refractivity (Wildman–Crippen MR) is 165 cm³/mol. The van der Waals surface area contributed by atoms with Gasteiger partial charge in [-0.25, -0.2) is 0 Å². The van der Waals surface area contributed by atoms with Gasteiger partial charge in [0.05, 0.1) is 11.4 Å². The molecule has 2 amide bonds. The first-order valence-corrected chi connectivity index (χ1v) is 17.6. The molecular formula is C27H41N5O10P2. The summed E-state index contributed by atoms with van der Waals surface area (Å²) in [6.07, 6.45) is -1.15. The van der Waals surface area contributed by atoms with Crippen molar-refractivity contribution in [2.45, 2.75) is 33.4 Å². The average Bonchev–Trinajstić information content (AvgIpc) is 2.87. The Hall–Kier alpha value is -2.84. The number of rotatable bonds is 10. The summed E-state index contributed by atoms with van der Waals surface area (Å²) in [5.41, 5.74) is 2.70. The van der Waals surface area contributed by atoms with Gasteiger partial charge >= 0.3 is 15.2 Å². The highest BCUT2D eigenvalue weighted by atomic mass is 31.2. The van der Waals surface area contributed by atoms with Gasteiger partial charge in [0, 0.05) is 50.4 Å². The fraction of sp³-hybridized carbons (Fsp3) is 0.481. The zero-order valence-corrected chi connectivity index (χ0v) is 26.5. The van der Waals surface area contributed by atoms with Gasteiger partial charge < -0.3 is 45.7 Å². The number of benzene rings is 2. The summed E-state index contributed by atoms with van der Waals surface area (Å²) >= 11 is 0. The van der Waals surface area contributed by atoms with E-state index in [1.54, 1.807) is 26.0 Å². The molecule has 15 nitrogen and oxygen atoms in total. The maximum absolute atomic E-state index is 12.1. The number of aryl methyl sites for hydroxylation is 2. The van der Waals surface area contributed by atoms with Gasteiger partial charge in [-0.1, -0.05) is 12.1 Å². The Morgan fingerprint density at radius 1 is 0.727 bits per heavy atom. The highest BCUT2D eigenvalue weighted by molar-refractivity contribution is 7.53. The highest BCUT2D eigenvalue weighted by Gasteiger charge is 2.23. The van der Waals surface area contributed by atoms with E-state index in [9.17, 15) is 28.9 Å². The topological polar surface area (TPSA) is 232 Å². The molecule has 3 rings (SSSR count). The van der Waals surface area contributed by atoms with Crippen LogP contribution in [0.2, 0.25) is 0 Å². The van der Waals surface area contributed by atoms with E-state index >= 15 is 0 Å². The van der Waals surface area contributed by atoms with Crippen molar-refractivity contribution < 1.29 is 48.5 Å². The number of carbonyl (C=O) groups is 2. The van der Waals surface area contributed by atoms with Crippen molar-refractivity contribution in [1.82, 2.24) is 15.1 Å². The molecule has 9 N–H and O–H groups in total. The van der Waals surface area contributed by atoms with Crippen molar-refractivity contribution in [3.05, 3.63) is 46.5 Å². The number of aromatic hydroxyl groups is 2. The second-order valence-corrected chi connectivity index (χ2v) is 14.3. The van der Waals surface area contributed by atoms with Crippen LogP contribution in [0.1, 0.15) is 28.7 Å². The summed E-state index contributed by atoms with van der Waals surface area (Å²) in [6.45, 7) is 8.20. The largest absolute Gasteiger partial charge is 0.505 e. The zero-order chi connectivity index (χ0) is 32.7. The van der Waals surface area contributed by atoms with Crippen LogP contribution in [0, 0.1) is 13.8 Å². The highest BCUT2D eigenvalue weighted by Crippen LogP contribution is 2.37. The van der Waals surface area contributed by atoms with Crippen LogP contribution in [-0.2, 0) is 31.8 Å². The number of anilines is 2. The van der Waals surface area contributed by atoms with Crippen LogP contribution in [0.15, 0.2) is 24.3 Å². The van der Waals surface area contributed by atoms with Crippen LogP contribution in [0.4, 0.5) is 11.4 Å². The van der Waals surface area contributed by atoms with Gasteiger partial charge in [0.25, 0.3) is 0 Å². The zero-order valence-electron chi connectivity index (χ0n) is 24.7. The lowest BCUT2D eigenvalue weighted by Gasteiger charge is -2.30. The molecule has 0 atom stereocenters. The molecule has 2 aromatic carbocycles. The van der Waals surface area contributed by atoms with Crippen molar-refractivity contribution in [3.8, 4) is 11.5 Å². The second-order valence-electron chi connectivity index (χ2n) is 11.0. The van der Waals surface area contributed by atoms with E-state index in [0.717, 1.165) is 24.1 Å². The number of amides is 2. The number of nitrogens with zero attached hydrogens (tertiary/aromatic N) is 2. The van der Waals surface area contributed by atoms with Crippen LogP contribution >= 0.6 is 15.2 Å². The Morgan fingerprint density at radius 2 is 1.16 bits per heavy atom. The third-order valence-corrected chi connectivity index (χ3v) is 8.27. The molecular weight excluding hydrogens is 616 g/mol. The molecule has 0 unspecified atom stereocenters. The van der Waals surface area contributed by atoms with E-state index in [-0.39, 0.29) is 22.9 Å². The minimum atomic E-state index is -4.57. The number of hydrogen-bond donors (Lipinski definition) is 9. The molecule has 1 saturated heterocycles. The van der Waals surface area contributed by atoms with Crippen molar-refractivity contribution in [2.24, 2.45) is 0 Å². The molecule has 0 saturated carbocycles. The molecule has 1 heterocycles. The van der Waals surface area contributed by atoms with Crippen LogP contribution < -0.4 is 16.0 Å². The molecule has 0 aliphatic carbocycles. The van der Waals surface area contributed by atoms with E-state index in [4.69, 9.17) is 19.6 Å². The molecule has 2 aromatic rings. The summed E-state index contributed by atoms with van der Waals surface area (Å²) in [5.74, 6) is -2.18. The van der Waals surface area contributed by atoms with Crippen LogP contribution in [0.25, 0.3) is 0 Å². The van der Waals surface area contributed by atoms with Crippen LogP contribution in [-0.4, -0.2) is 103 Å². The molecule has 0 aromatic heterocycles. The first kappa shape index (κ1) is 35.6. The summed E-state index contributed by atoms with van der Waals surface area (Å²) < 4.78 is 22.4. The Bertz CT molecular complexity index is 1340. The minimum Gasteiger partial charge on any atom is -0.505 e. The number of hydrogen-bond acceptors (Lipinski definition) is 9. The quantitative estimate of drug-likeness (QED) is 0.129. The summed E-state index contributed by atoms with van der Waals surface area (Å²) in [4.78, 5) is 64.8. The van der Waals surface area contributed by atoms with E-state index in [1.807, 2.05) is 0 Å². The first-order chi connectivity index (χ1) is 20.5. The number of carbonyl (C=O) groups excluding carboxylic acids is 2. The molecule has 0 spiro atoms. The molecule has 44 heavy (non-hydrogen) atoms. The maximum Gasteiger partial charge on any atom is 0.334 e. The molecule has 1 aliphatic heterocycles. The van der Waals surface area contributed by atoms with Gasteiger partial charge in [0.1, 0.15) is 23.8 Å². The monoisotopic (exact) mass is 657 g/mol. The van der Waals surface area contributed by atoms with Gasteiger partial charge in [0.15, 0.2) is 0 Å². The fourth-order valence-electron chi connectivity index (χ4n) is 4.99. The summed E-state index contributed by atoms with van der Waals surface area (Å²) in [6, 6.07) is 6.63. The van der Waals surface area contributed by atoms with Gasteiger partial charge in [-0.15, -0.1) is 0 Å². The van der Waals surface area contributed by atoms with Gasteiger partial charge in [-0.2, -0.15) is 0 Å². The molecule has 1 aliphatic rings. The van der Waals surface area contributed by atoms with Gasteiger partial charge in [-0.3, -0.25) is 28.5 Å². The van der Waals surface area contributed by atoms with E-state index in [0.29, 0.717) is 56.9 Å².